The molecule has 2 aromatic carbocycles. The van der Waals surface area contributed by atoms with Crippen molar-refractivity contribution in [1.82, 2.24) is 25.2 Å². The summed E-state index contributed by atoms with van der Waals surface area (Å²) in [6.07, 6.45) is 6.71. The average Bonchev–Trinajstić information content (AvgIpc) is 3.61. The van der Waals surface area contributed by atoms with E-state index >= 15 is 8.78 Å². The fourth-order valence-electron chi connectivity index (χ4n) is 7.68. The van der Waals surface area contributed by atoms with Crippen LogP contribution >= 0.6 is 0 Å². The first-order valence-corrected chi connectivity index (χ1v) is 14.7. The predicted octanol–water partition coefficient (Wildman–Crippen LogP) is 4.94. The normalized spacial score (nSPS) is 25.6. The number of nitrogens with zero attached hydrogens (tertiary/aromatic N) is 5. The van der Waals surface area contributed by atoms with E-state index in [2.05, 4.69) is 31.7 Å². The first-order valence-electron chi connectivity index (χ1n) is 14.7. The van der Waals surface area contributed by atoms with Gasteiger partial charge in [-0.1, -0.05) is 24.3 Å². The van der Waals surface area contributed by atoms with Crippen molar-refractivity contribution in [3.05, 3.63) is 60.3 Å². The van der Waals surface area contributed by atoms with Crippen molar-refractivity contribution in [2.45, 2.75) is 49.7 Å². The third kappa shape index (κ3) is 4.11. The molecule has 0 aliphatic carbocycles. The highest BCUT2D eigenvalue weighted by Crippen LogP contribution is 2.42. The molecule has 1 unspecified atom stereocenters. The van der Waals surface area contributed by atoms with E-state index in [0.29, 0.717) is 35.3 Å². The quantitative estimate of drug-likeness (QED) is 0.327. The summed E-state index contributed by atoms with van der Waals surface area (Å²) < 4.78 is 38.0. The maximum atomic E-state index is 16.6. The molecule has 0 saturated carbocycles. The molecule has 6 heterocycles. The molecular formula is C32H32F2N6O2. The van der Waals surface area contributed by atoms with Crippen LogP contribution in [0.3, 0.4) is 0 Å². The number of hydrogen-bond acceptors (Lipinski definition) is 8. The van der Waals surface area contributed by atoms with Crippen molar-refractivity contribution in [1.29, 1.82) is 0 Å². The van der Waals surface area contributed by atoms with Crippen LogP contribution in [0.2, 0.25) is 0 Å². The zero-order valence-corrected chi connectivity index (χ0v) is 23.2. The van der Waals surface area contributed by atoms with Crippen LogP contribution in [-0.2, 0) is 0 Å². The molecule has 0 amide bonds. The molecule has 216 valence electrons. The molecule has 4 aromatic rings. The number of benzene rings is 2. The highest BCUT2D eigenvalue weighted by molar-refractivity contribution is 6.00. The van der Waals surface area contributed by atoms with Gasteiger partial charge < -0.3 is 20.1 Å². The fraction of sp³-hybridized carbons (Fsp3) is 0.406. The van der Waals surface area contributed by atoms with Gasteiger partial charge in [0.25, 0.3) is 0 Å². The van der Waals surface area contributed by atoms with E-state index in [9.17, 15) is 5.11 Å². The van der Waals surface area contributed by atoms with Gasteiger partial charge in [0, 0.05) is 48.9 Å². The molecule has 3 atom stereocenters. The molecule has 4 fully saturated rings. The predicted molar refractivity (Wildman–Crippen MR) is 157 cm³/mol. The third-order valence-corrected chi connectivity index (χ3v) is 9.53. The number of anilines is 1. The molecule has 0 radical (unpaired) electrons. The van der Waals surface area contributed by atoms with Gasteiger partial charge in [0.1, 0.15) is 35.2 Å². The van der Waals surface area contributed by atoms with Gasteiger partial charge >= 0.3 is 6.01 Å². The van der Waals surface area contributed by atoms with Crippen LogP contribution in [0.1, 0.15) is 32.1 Å². The molecule has 4 saturated heterocycles. The largest absolute Gasteiger partial charge is 0.508 e. The second-order valence-electron chi connectivity index (χ2n) is 12.4. The van der Waals surface area contributed by atoms with Crippen LogP contribution < -0.4 is 15.0 Å². The van der Waals surface area contributed by atoms with Crippen molar-refractivity contribution < 1.29 is 18.6 Å². The summed E-state index contributed by atoms with van der Waals surface area (Å²) in [6, 6.07) is 8.14. The molecule has 8 rings (SSSR count). The highest BCUT2D eigenvalue weighted by Gasteiger charge is 2.46. The number of phenolic OH excluding ortho intramolecular Hbond substituents is 1. The number of halogens is 2. The Kier molecular flexibility index (Phi) is 5.88. The van der Waals surface area contributed by atoms with Gasteiger partial charge in [0.05, 0.1) is 10.9 Å². The van der Waals surface area contributed by atoms with E-state index in [4.69, 9.17) is 9.72 Å². The molecule has 8 nitrogen and oxygen atoms in total. The van der Waals surface area contributed by atoms with Gasteiger partial charge in [0.2, 0.25) is 0 Å². The lowest BCUT2D eigenvalue weighted by Gasteiger charge is -2.34. The maximum absolute atomic E-state index is 16.6. The van der Waals surface area contributed by atoms with Crippen molar-refractivity contribution in [2.75, 3.05) is 37.7 Å². The Balaban J connectivity index is 1.26. The van der Waals surface area contributed by atoms with Crippen LogP contribution in [-0.4, -0.2) is 75.4 Å². The number of phenols is 1. The Hall–Kier alpha value is -3.89. The number of hydrogen-bond donors (Lipinski definition) is 2. The molecular weight excluding hydrogens is 538 g/mol. The minimum Gasteiger partial charge on any atom is -0.508 e. The van der Waals surface area contributed by atoms with Crippen LogP contribution in [0, 0.1) is 11.6 Å². The second kappa shape index (κ2) is 9.57. The van der Waals surface area contributed by atoms with Crippen molar-refractivity contribution in [3.63, 3.8) is 0 Å². The topological polar surface area (TPSA) is 86.6 Å². The summed E-state index contributed by atoms with van der Waals surface area (Å²) in [6.45, 7) is 7.97. The number of aromatic nitrogens is 3. The van der Waals surface area contributed by atoms with Crippen molar-refractivity contribution in [3.8, 4) is 23.0 Å². The van der Waals surface area contributed by atoms with E-state index in [0.717, 1.165) is 58.3 Å². The van der Waals surface area contributed by atoms with Crippen LogP contribution in [0.4, 0.5) is 14.6 Å². The van der Waals surface area contributed by atoms with E-state index < -0.39 is 11.6 Å². The maximum Gasteiger partial charge on any atom is 0.319 e. The summed E-state index contributed by atoms with van der Waals surface area (Å²) in [5.74, 6) is -0.739. The molecule has 42 heavy (non-hydrogen) atoms. The Morgan fingerprint density at radius 2 is 1.98 bits per heavy atom. The summed E-state index contributed by atoms with van der Waals surface area (Å²) >= 11 is 0. The smallest absolute Gasteiger partial charge is 0.319 e. The van der Waals surface area contributed by atoms with E-state index in [1.54, 1.807) is 18.3 Å². The van der Waals surface area contributed by atoms with Gasteiger partial charge in [-0.3, -0.25) is 9.88 Å². The highest BCUT2D eigenvalue weighted by atomic mass is 19.1. The first-order chi connectivity index (χ1) is 20.4. The third-order valence-electron chi connectivity index (χ3n) is 9.53. The molecule has 2 bridgehead atoms. The molecule has 10 heteroatoms. The number of rotatable bonds is 5. The molecule has 4 aliphatic heterocycles. The SMILES string of the molecule is C=C1CN2CCCC2(COc2nc(N3C[C@H]4CC[C@@H](C3)N4)c3cnc(-c4cc(O)cc5cccc(F)c45)c(F)c3n2)C1. The van der Waals surface area contributed by atoms with Gasteiger partial charge in [-0.2, -0.15) is 9.97 Å². The number of ether oxygens (including phenoxy) is 1. The van der Waals surface area contributed by atoms with Gasteiger partial charge in [-0.05, 0) is 62.2 Å². The lowest BCUT2D eigenvalue weighted by Crippen LogP contribution is -2.51. The number of fused-ring (bicyclic) bond motifs is 5. The fourth-order valence-corrected chi connectivity index (χ4v) is 7.68. The summed E-state index contributed by atoms with van der Waals surface area (Å²) in [5.41, 5.74) is 1.20. The van der Waals surface area contributed by atoms with E-state index in [1.807, 2.05) is 0 Å². The molecule has 4 aliphatic rings. The second-order valence-corrected chi connectivity index (χ2v) is 12.4. The minimum atomic E-state index is -0.704. The molecule has 2 N–H and O–H groups in total. The Morgan fingerprint density at radius 3 is 2.81 bits per heavy atom. The van der Waals surface area contributed by atoms with Gasteiger partial charge in [-0.25, -0.2) is 8.78 Å². The Bertz CT molecular complexity index is 1750. The standard InChI is InChI=1S/C32H32F2N6O2/c1-18-12-32(8-3-9-40(32)14-18)17-42-31-37-29-24(30(38-31)39-15-20-6-7-21(16-39)36-20)13-35-28(27(29)34)23-11-22(41)10-19-4-2-5-25(33)26(19)23/h2,4-5,10-11,13,20-21,36,41H,1,3,6-9,12,14-17H2/t20-,21+,32?. The number of pyridine rings is 1. The van der Waals surface area contributed by atoms with Crippen LogP contribution in [0.25, 0.3) is 32.9 Å². The van der Waals surface area contributed by atoms with Crippen LogP contribution in [0.5, 0.6) is 11.8 Å². The van der Waals surface area contributed by atoms with Crippen molar-refractivity contribution >= 4 is 27.5 Å². The van der Waals surface area contributed by atoms with Gasteiger partial charge in [0.15, 0.2) is 5.82 Å². The van der Waals surface area contributed by atoms with E-state index in [-0.39, 0.29) is 39.5 Å². The lowest BCUT2D eigenvalue weighted by molar-refractivity contribution is 0.108. The number of aromatic hydroxyl groups is 1. The average molecular weight is 571 g/mol. The summed E-state index contributed by atoms with van der Waals surface area (Å²) in [5, 5.41) is 15.2. The van der Waals surface area contributed by atoms with Gasteiger partial charge in [-0.15, -0.1) is 0 Å². The monoisotopic (exact) mass is 570 g/mol. The number of nitrogens with one attached hydrogen (secondary N) is 1. The summed E-state index contributed by atoms with van der Waals surface area (Å²) in [4.78, 5) is 18.5. The van der Waals surface area contributed by atoms with Crippen LogP contribution in [0.15, 0.2) is 48.7 Å². The number of piperazine rings is 1. The molecule has 2 aromatic heterocycles. The Morgan fingerprint density at radius 1 is 1.14 bits per heavy atom. The van der Waals surface area contributed by atoms with Crippen molar-refractivity contribution in [2.24, 2.45) is 0 Å². The molecule has 0 spiro atoms. The van der Waals surface area contributed by atoms with E-state index in [1.165, 1.54) is 23.8 Å². The minimum absolute atomic E-state index is 0.0651. The zero-order chi connectivity index (χ0) is 28.6. The lowest BCUT2D eigenvalue weighted by atomic mass is 9.94. The zero-order valence-electron chi connectivity index (χ0n) is 23.2. The Labute approximate surface area is 242 Å². The summed E-state index contributed by atoms with van der Waals surface area (Å²) in [7, 11) is 0. The first kappa shape index (κ1) is 25.8.